The topological polar surface area (TPSA) is 110 Å². The van der Waals surface area contributed by atoms with Gasteiger partial charge < -0.3 is 19.2 Å². The third-order valence-electron chi connectivity index (χ3n) is 6.61. The largest absolute Gasteiger partial charge is 0.487 e. The number of fused-ring (bicyclic) bond motifs is 1. The molecule has 1 aromatic carbocycles. The van der Waals surface area contributed by atoms with E-state index in [1.165, 1.54) is 0 Å². The zero-order chi connectivity index (χ0) is 23.0. The summed E-state index contributed by atoms with van der Waals surface area (Å²) in [4.78, 5) is 6.21. The Labute approximate surface area is 196 Å². The number of rotatable bonds is 4. The lowest BCUT2D eigenvalue weighted by atomic mass is 9.81. The molecule has 1 saturated heterocycles. The number of nitrogens with zero attached hydrogens (tertiary/aromatic N) is 6. The van der Waals surface area contributed by atoms with Crippen LogP contribution in [0.25, 0.3) is 11.6 Å². The monoisotopic (exact) mass is 456 g/mol. The van der Waals surface area contributed by atoms with E-state index in [1.807, 2.05) is 48.5 Å². The maximum absolute atomic E-state index is 10.6. The van der Waals surface area contributed by atoms with Gasteiger partial charge in [0.05, 0.1) is 12.5 Å². The predicted molar refractivity (Wildman–Crippen MR) is 123 cm³/mol. The first-order valence-electron chi connectivity index (χ1n) is 11.4. The minimum Gasteiger partial charge on any atom is -0.487 e. The summed E-state index contributed by atoms with van der Waals surface area (Å²) in [6.07, 6.45) is 5.75. The second-order valence-electron chi connectivity index (χ2n) is 8.84. The molecule has 172 valence electrons. The molecule has 4 aromatic rings. The van der Waals surface area contributed by atoms with Crippen molar-refractivity contribution in [2.75, 3.05) is 18.0 Å². The maximum Gasteiger partial charge on any atom is 0.268 e. The van der Waals surface area contributed by atoms with E-state index in [2.05, 4.69) is 30.3 Å². The zero-order valence-corrected chi connectivity index (χ0v) is 18.5. The molecule has 1 unspecified atom stereocenters. The number of anilines is 1. The van der Waals surface area contributed by atoms with Crippen molar-refractivity contribution < 1.29 is 14.3 Å². The summed E-state index contributed by atoms with van der Waals surface area (Å²) in [5.74, 6) is 2.46. The second-order valence-corrected chi connectivity index (χ2v) is 8.84. The van der Waals surface area contributed by atoms with E-state index in [9.17, 15) is 5.11 Å². The molecular formula is C25H24N6O3. The zero-order valence-electron chi connectivity index (χ0n) is 18.5. The molecule has 5 heterocycles. The van der Waals surface area contributed by atoms with Crippen LogP contribution in [0, 0.1) is 0 Å². The van der Waals surface area contributed by atoms with Crippen LogP contribution in [0.1, 0.15) is 42.4 Å². The Morgan fingerprint density at radius 1 is 0.941 bits per heavy atom. The van der Waals surface area contributed by atoms with Crippen molar-refractivity contribution in [1.82, 2.24) is 25.4 Å². The molecule has 9 nitrogen and oxygen atoms in total. The van der Waals surface area contributed by atoms with Crippen LogP contribution in [0.5, 0.6) is 5.75 Å². The van der Waals surface area contributed by atoms with Gasteiger partial charge in [0, 0.05) is 50.3 Å². The van der Waals surface area contributed by atoms with Gasteiger partial charge in [0.1, 0.15) is 17.0 Å². The second kappa shape index (κ2) is 8.49. The first-order chi connectivity index (χ1) is 16.7. The number of aliphatic hydroxyl groups excluding tert-OH is 1. The summed E-state index contributed by atoms with van der Waals surface area (Å²) >= 11 is 0. The number of para-hydroxylation sites is 1. The maximum atomic E-state index is 10.6. The van der Waals surface area contributed by atoms with Crippen LogP contribution >= 0.6 is 0 Å². The molecule has 0 radical (unpaired) electrons. The number of aromatic nitrogens is 5. The van der Waals surface area contributed by atoms with Gasteiger partial charge in [0.15, 0.2) is 5.82 Å². The SMILES string of the molecule is OC1CC2(CCN(c3ccc(-c4nnc(Cc5ccncc5)o4)nn3)CC2)Oc2ccccc21. The highest BCUT2D eigenvalue weighted by molar-refractivity contribution is 5.49. The molecule has 0 amide bonds. The highest BCUT2D eigenvalue weighted by Crippen LogP contribution is 2.44. The number of pyridine rings is 1. The van der Waals surface area contributed by atoms with Crippen molar-refractivity contribution >= 4 is 5.82 Å². The fourth-order valence-corrected chi connectivity index (χ4v) is 4.75. The summed E-state index contributed by atoms with van der Waals surface area (Å²) in [6.45, 7) is 1.55. The molecule has 2 aliphatic rings. The average molecular weight is 457 g/mol. The van der Waals surface area contributed by atoms with Gasteiger partial charge in [-0.2, -0.15) is 0 Å². The van der Waals surface area contributed by atoms with Gasteiger partial charge in [-0.15, -0.1) is 20.4 Å². The number of hydrogen-bond acceptors (Lipinski definition) is 9. The van der Waals surface area contributed by atoms with Crippen molar-refractivity contribution in [2.45, 2.75) is 37.4 Å². The molecule has 1 N–H and O–H groups in total. The highest BCUT2D eigenvalue weighted by atomic mass is 16.5. The van der Waals surface area contributed by atoms with Crippen molar-refractivity contribution in [3.63, 3.8) is 0 Å². The molecule has 1 spiro atoms. The quantitative estimate of drug-likeness (QED) is 0.494. The molecule has 0 bridgehead atoms. The smallest absolute Gasteiger partial charge is 0.268 e. The first kappa shape index (κ1) is 20.7. The summed E-state index contributed by atoms with van der Waals surface area (Å²) in [5.41, 5.74) is 2.13. The minimum atomic E-state index is -0.492. The molecule has 1 atom stereocenters. The van der Waals surface area contributed by atoms with Crippen molar-refractivity contribution in [3.05, 3.63) is 77.9 Å². The van der Waals surface area contributed by atoms with E-state index in [-0.39, 0.29) is 5.60 Å². The van der Waals surface area contributed by atoms with Gasteiger partial charge in [0.2, 0.25) is 5.89 Å². The summed E-state index contributed by atoms with van der Waals surface area (Å²) in [6, 6.07) is 15.4. The predicted octanol–water partition coefficient (Wildman–Crippen LogP) is 3.37. The van der Waals surface area contributed by atoms with Crippen LogP contribution < -0.4 is 9.64 Å². The Kier molecular flexibility index (Phi) is 5.18. The van der Waals surface area contributed by atoms with E-state index >= 15 is 0 Å². The molecule has 6 rings (SSSR count). The van der Waals surface area contributed by atoms with Crippen LogP contribution in [0.2, 0.25) is 0 Å². The summed E-state index contributed by atoms with van der Waals surface area (Å²) < 4.78 is 12.2. The van der Waals surface area contributed by atoms with Crippen LogP contribution in [0.3, 0.4) is 0 Å². The Morgan fingerprint density at radius 2 is 1.76 bits per heavy atom. The van der Waals surface area contributed by atoms with E-state index in [1.54, 1.807) is 12.4 Å². The van der Waals surface area contributed by atoms with Gasteiger partial charge in [-0.3, -0.25) is 4.98 Å². The van der Waals surface area contributed by atoms with E-state index in [0.29, 0.717) is 30.3 Å². The summed E-state index contributed by atoms with van der Waals surface area (Å²) in [7, 11) is 0. The highest BCUT2D eigenvalue weighted by Gasteiger charge is 2.43. The number of benzene rings is 1. The van der Waals surface area contributed by atoms with Crippen LogP contribution in [0.4, 0.5) is 5.82 Å². The van der Waals surface area contributed by atoms with Gasteiger partial charge in [-0.1, -0.05) is 18.2 Å². The Bertz CT molecular complexity index is 1270. The number of hydrogen-bond donors (Lipinski definition) is 1. The number of aliphatic hydroxyl groups is 1. The standard InChI is InChI=1S/C25H24N6O3/c32-20-16-25(34-21-4-2-1-3-18(20)21)9-13-31(14-10-25)22-6-5-19(27-28-22)24-30-29-23(33-24)15-17-7-11-26-12-8-17/h1-8,11-12,20,32H,9-10,13-16H2. The van der Waals surface area contributed by atoms with Gasteiger partial charge in [-0.25, -0.2) is 0 Å². The van der Waals surface area contributed by atoms with Gasteiger partial charge >= 0.3 is 0 Å². The van der Waals surface area contributed by atoms with Crippen LogP contribution in [-0.2, 0) is 6.42 Å². The molecule has 0 aliphatic carbocycles. The van der Waals surface area contributed by atoms with E-state index in [4.69, 9.17) is 9.15 Å². The number of ether oxygens (including phenoxy) is 1. The van der Waals surface area contributed by atoms with Crippen LogP contribution in [0.15, 0.2) is 65.3 Å². The molecule has 3 aromatic heterocycles. The minimum absolute atomic E-state index is 0.341. The Morgan fingerprint density at radius 3 is 2.56 bits per heavy atom. The molecule has 9 heteroatoms. The van der Waals surface area contributed by atoms with Crippen molar-refractivity contribution in [2.24, 2.45) is 0 Å². The molecule has 1 fully saturated rings. The fraction of sp³-hybridized carbons (Fsp3) is 0.320. The third-order valence-corrected chi connectivity index (χ3v) is 6.61. The van der Waals surface area contributed by atoms with Gasteiger partial charge in [-0.05, 0) is 35.9 Å². The van der Waals surface area contributed by atoms with Crippen molar-refractivity contribution in [3.8, 4) is 17.3 Å². The fourth-order valence-electron chi connectivity index (χ4n) is 4.75. The third kappa shape index (κ3) is 3.99. The van der Waals surface area contributed by atoms with Crippen molar-refractivity contribution in [1.29, 1.82) is 0 Å². The lowest BCUT2D eigenvalue weighted by Crippen LogP contribution is -2.50. The first-order valence-corrected chi connectivity index (χ1v) is 11.4. The Balaban J connectivity index is 1.11. The molecular weight excluding hydrogens is 432 g/mol. The lowest BCUT2D eigenvalue weighted by Gasteiger charge is -2.46. The lowest BCUT2D eigenvalue weighted by molar-refractivity contribution is -0.0300. The van der Waals surface area contributed by atoms with Gasteiger partial charge in [0.25, 0.3) is 5.89 Å². The molecule has 2 aliphatic heterocycles. The normalized spacial score (nSPS) is 19.0. The number of piperidine rings is 1. The average Bonchev–Trinajstić information content (AvgIpc) is 3.34. The molecule has 34 heavy (non-hydrogen) atoms. The van der Waals surface area contributed by atoms with E-state index < -0.39 is 6.10 Å². The van der Waals surface area contributed by atoms with E-state index in [0.717, 1.165) is 48.6 Å². The Hall–Kier alpha value is -3.85. The van der Waals surface area contributed by atoms with Crippen LogP contribution in [-0.4, -0.2) is 49.2 Å². The molecule has 0 saturated carbocycles. The summed E-state index contributed by atoms with van der Waals surface area (Å²) in [5, 5.41) is 27.6.